The highest BCUT2D eigenvalue weighted by Gasteiger charge is 2.28. The van der Waals surface area contributed by atoms with Gasteiger partial charge >= 0.3 is 0 Å². The lowest BCUT2D eigenvalue weighted by atomic mass is 9.97. The molecule has 1 N–H and O–H groups in total. The van der Waals surface area contributed by atoms with Crippen molar-refractivity contribution in [3.05, 3.63) is 35.9 Å². The Morgan fingerprint density at radius 3 is 2.78 bits per heavy atom. The van der Waals surface area contributed by atoms with E-state index in [0.717, 1.165) is 5.92 Å². The van der Waals surface area contributed by atoms with Crippen molar-refractivity contribution >= 4 is 0 Å². The molecule has 0 spiro atoms. The summed E-state index contributed by atoms with van der Waals surface area (Å²) in [5.41, 5.74) is 1.51. The SMILES string of the molecule is c1ccc(C2CCCN2CC2CCCNC2)cc1. The van der Waals surface area contributed by atoms with Crippen molar-refractivity contribution in [3.8, 4) is 0 Å². The van der Waals surface area contributed by atoms with Gasteiger partial charge in [0.1, 0.15) is 0 Å². The van der Waals surface area contributed by atoms with Crippen LogP contribution in [0.15, 0.2) is 30.3 Å². The second-order valence-electron chi connectivity index (χ2n) is 5.78. The van der Waals surface area contributed by atoms with Gasteiger partial charge in [0, 0.05) is 12.6 Å². The molecule has 2 aliphatic rings. The first-order chi connectivity index (χ1) is 8.93. The summed E-state index contributed by atoms with van der Waals surface area (Å²) in [4.78, 5) is 2.72. The smallest absolute Gasteiger partial charge is 0.0348 e. The summed E-state index contributed by atoms with van der Waals surface area (Å²) in [6, 6.07) is 11.7. The van der Waals surface area contributed by atoms with E-state index in [2.05, 4.69) is 40.5 Å². The number of nitrogens with zero attached hydrogens (tertiary/aromatic N) is 1. The maximum atomic E-state index is 3.54. The van der Waals surface area contributed by atoms with Gasteiger partial charge in [0.15, 0.2) is 0 Å². The fourth-order valence-corrected chi connectivity index (χ4v) is 3.51. The highest BCUT2D eigenvalue weighted by Crippen LogP contribution is 2.32. The van der Waals surface area contributed by atoms with E-state index in [0.29, 0.717) is 6.04 Å². The Morgan fingerprint density at radius 1 is 1.11 bits per heavy atom. The molecule has 0 aliphatic carbocycles. The minimum atomic E-state index is 0.674. The molecule has 3 rings (SSSR count). The third kappa shape index (κ3) is 2.76. The minimum Gasteiger partial charge on any atom is -0.316 e. The fourth-order valence-electron chi connectivity index (χ4n) is 3.51. The molecule has 2 atom stereocenters. The van der Waals surface area contributed by atoms with E-state index in [9.17, 15) is 0 Å². The first-order valence-corrected chi connectivity index (χ1v) is 7.43. The Labute approximate surface area is 110 Å². The fraction of sp³-hybridized carbons (Fsp3) is 0.625. The van der Waals surface area contributed by atoms with Gasteiger partial charge in [-0.25, -0.2) is 0 Å². The van der Waals surface area contributed by atoms with E-state index in [1.54, 1.807) is 0 Å². The first-order valence-electron chi connectivity index (χ1n) is 7.43. The average molecular weight is 244 g/mol. The van der Waals surface area contributed by atoms with Crippen LogP contribution in [0.3, 0.4) is 0 Å². The van der Waals surface area contributed by atoms with Gasteiger partial charge in [-0.2, -0.15) is 0 Å². The molecule has 2 saturated heterocycles. The molecule has 0 radical (unpaired) electrons. The van der Waals surface area contributed by atoms with Crippen molar-refractivity contribution in [1.29, 1.82) is 0 Å². The second kappa shape index (κ2) is 5.85. The van der Waals surface area contributed by atoms with E-state index >= 15 is 0 Å². The lowest BCUT2D eigenvalue weighted by Gasteiger charge is -2.31. The summed E-state index contributed by atoms with van der Waals surface area (Å²) in [5, 5.41) is 3.54. The Kier molecular flexibility index (Phi) is 3.96. The van der Waals surface area contributed by atoms with Gasteiger partial charge in [-0.05, 0) is 56.8 Å². The molecule has 0 amide bonds. The number of likely N-dealkylation sites (tertiary alicyclic amines) is 1. The molecule has 2 heterocycles. The molecule has 2 unspecified atom stereocenters. The summed E-state index contributed by atoms with van der Waals surface area (Å²) >= 11 is 0. The Bertz CT molecular complexity index is 357. The quantitative estimate of drug-likeness (QED) is 0.879. The van der Waals surface area contributed by atoms with Crippen LogP contribution in [0, 0.1) is 5.92 Å². The lowest BCUT2D eigenvalue weighted by molar-refractivity contribution is 0.195. The monoisotopic (exact) mass is 244 g/mol. The van der Waals surface area contributed by atoms with Crippen molar-refractivity contribution in [2.24, 2.45) is 5.92 Å². The maximum Gasteiger partial charge on any atom is 0.0348 e. The van der Waals surface area contributed by atoms with Gasteiger partial charge in [-0.15, -0.1) is 0 Å². The third-order valence-electron chi connectivity index (χ3n) is 4.44. The van der Waals surface area contributed by atoms with E-state index < -0.39 is 0 Å². The van der Waals surface area contributed by atoms with Crippen LogP contribution in [-0.2, 0) is 0 Å². The third-order valence-corrected chi connectivity index (χ3v) is 4.44. The number of hydrogen-bond acceptors (Lipinski definition) is 2. The van der Waals surface area contributed by atoms with Crippen LogP contribution in [0.2, 0.25) is 0 Å². The van der Waals surface area contributed by atoms with Crippen molar-refractivity contribution in [3.63, 3.8) is 0 Å². The molecule has 2 fully saturated rings. The summed E-state index contributed by atoms with van der Waals surface area (Å²) in [5.74, 6) is 0.864. The van der Waals surface area contributed by atoms with E-state index in [1.807, 2.05) is 0 Å². The van der Waals surface area contributed by atoms with Gasteiger partial charge < -0.3 is 5.32 Å². The predicted octanol–water partition coefficient (Wildman–Crippen LogP) is 2.82. The highest BCUT2D eigenvalue weighted by molar-refractivity contribution is 5.20. The normalized spacial score (nSPS) is 29.6. The van der Waals surface area contributed by atoms with Crippen LogP contribution in [0.1, 0.15) is 37.3 Å². The molecule has 1 aromatic rings. The number of rotatable bonds is 3. The number of piperidine rings is 1. The minimum absolute atomic E-state index is 0.674. The van der Waals surface area contributed by atoms with Gasteiger partial charge in [-0.3, -0.25) is 4.90 Å². The van der Waals surface area contributed by atoms with Crippen molar-refractivity contribution in [2.45, 2.75) is 31.7 Å². The van der Waals surface area contributed by atoms with Gasteiger partial charge in [0.25, 0.3) is 0 Å². The number of nitrogens with one attached hydrogen (secondary N) is 1. The Balaban J connectivity index is 1.64. The van der Waals surface area contributed by atoms with E-state index in [-0.39, 0.29) is 0 Å². The zero-order chi connectivity index (χ0) is 12.2. The molecule has 0 bridgehead atoms. The largest absolute Gasteiger partial charge is 0.316 e. The molecule has 0 aromatic heterocycles. The first kappa shape index (κ1) is 12.2. The molecular formula is C16H24N2. The van der Waals surface area contributed by atoms with Crippen molar-refractivity contribution in [1.82, 2.24) is 10.2 Å². The summed E-state index contributed by atoms with van der Waals surface area (Å²) in [6.45, 7) is 5.01. The molecule has 2 nitrogen and oxygen atoms in total. The average Bonchev–Trinajstić information content (AvgIpc) is 2.89. The van der Waals surface area contributed by atoms with Crippen molar-refractivity contribution < 1.29 is 0 Å². The summed E-state index contributed by atoms with van der Waals surface area (Å²) in [6.07, 6.45) is 5.46. The van der Waals surface area contributed by atoms with Crippen LogP contribution in [0.25, 0.3) is 0 Å². The van der Waals surface area contributed by atoms with E-state index in [1.165, 1.54) is 57.4 Å². The summed E-state index contributed by atoms with van der Waals surface area (Å²) in [7, 11) is 0. The Hall–Kier alpha value is -0.860. The highest BCUT2D eigenvalue weighted by atomic mass is 15.2. The molecular weight excluding hydrogens is 220 g/mol. The molecule has 0 saturated carbocycles. The second-order valence-corrected chi connectivity index (χ2v) is 5.78. The zero-order valence-corrected chi connectivity index (χ0v) is 11.1. The Morgan fingerprint density at radius 2 is 2.00 bits per heavy atom. The lowest BCUT2D eigenvalue weighted by Crippen LogP contribution is -2.38. The van der Waals surface area contributed by atoms with Gasteiger partial charge in [0.05, 0.1) is 0 Å². The number of hydrogen-bond donors (Lipinski definition) is 1. The molecule has 1 aromatic carbocycles. The van der Waals surface area contributed by atoms with Crippen LogP contribution in [-0.4, -0.2) is 31.1 Å². The standard InChI is InChI=1S/C16H24N2/c1-2-7-15(8-3-1)16-9-5-11-18(16)13-14-6-4-10-17-12-14/h1-3,7-8,14,16-17H,4-6,9-13H2. The van der Waals surface area contributed by atoms with Crippen LogP contribution in [0.4, 0.5) is 0 Å². The van der Waals surface area contributed by atoms with Gasteiger partial charge in [-0.1, -0.05) is 30.3 Å². The van der Waals surface area contributed by atoms with Gasteiger partial charge in [0.2, 0.25) is 0 Å². The molecule has 98 valence electrons. The number of benzene rings is 1. The van der Waals surface area contributed by atoms with Crippen LogP contribution >= 0.6 is 0 Å². The maximum absolute atomic E-state index is 3.54. The molecule has 2 heteroatoms. The molecule has 2 aliphatic heterocycles. The van der Waals surface area contributed by atoms with Crippen LogP contribution < -0.4 is 5.32 Å². The molecule has 18 heavy (non-hydrogen) atoms. The van der Waals surface area contributed by atoms with Crippen molar-refractivity contribution in [2.75, 3.05) is 26.2 Å². The predicted molar refractivity (Wildman–Crippen MR) is 75.6 cm³/mol. The summed E-state index contributed by atoms with van der Waals surface area (Å²) < 4.78 is 0. The topological polar surface area (TPSA) is 15.3 Å². The van der Waals surface area contributed by atoms with Crippen LogP contribution in [0.5, 0.6) is 0 Å². The van der Waals surface area contributed by atoms with E-state index in [4.69, 9.17) is 0 Å². The zero-order valence-electron chi connectivity index (χ0n) is 11.1.